The number of nitrogens with two attached hydrogens (primary N) is 1. The van der Waals surface area contributed by atoms with Crippen LogP contribution in [-0.2, 0) is 16.0 Å². The average molecular weight is 297 g/mol. The molecule has 9 heteroatoms. The highest BCUT2D eigenvalue weighted by Crippen LogP contribution is 2.31. The van der Waals surface area contributed by atoms with E-state index in [0.29, 0.717) is 50.7 Å². The summed E-state index contributed by atoms with van der Waals surface area (Å²) >= 11 is 0. The summed E-state index contributed by atoms with van der Waals surface area (Å²) in [6.07, 6.45) is 1.19. The smallest absolute Gasteiger partial charge is 0.234 e. The summed E-state index contributed by atoms with van der Waals surface area (Å²) in [7, 11) is 0. The summed E-state index contributed by atoms with van der Waals surface area (Å²) in [5, 5.41) is 18.4. The lowest BCUT2D eigenvalue weighted by atomic mass is 9.78. The molecule has 2 heterocycles. The van der Waals surface area contributed by atoms with Crippen molar-refractivity contribution in [1.29, 1.82) is 0 Å². The van der Waals surface area contributed by atoms with Gasteiger partial charge in [-0.3, -0.25) is 4.79 Å². The van der Waals surface area contributed by atoms with Gasteiger partial charge in [-0.05, 0) is 19.8 Å². The molecule has 0 aliphatic carbocycles. The van der Waals surface area contributed by atoms with E-state index in [2.05, 4.69) is 20.6 Å². The normalized spacial score (nSPS) is 18.4. The molecule has 1 aromatic heterocycles. The monoisotopic (exact) mass is 297 g/mol. The number of carbonyl (C=O) groups excluding carboxylic acids is 1. The standard InChI is InChI=1S/C12H19N5O4/c1-8-15-9(21-17-8)2-5-14-11(18)12(10(13)16-19)3-6-20-7-4-12/h19H,2-7H2,1H3,(H2,13,16)(H,14,18). The summed E-state index contributed by atoms with van der Waals surface area (Å²) in [6, 6.07) is 0. The fourth-order valence-electron chi connectivity index (χ4n) is 2.31. The van der Waals surface area contributed by atoms with Crippen LogP contribution in [0, 0.1) is 12.3 Å². The number of hydrogen-bond donors (Lipinski definition) is 3. The predicted octanol–water partition coefficient (Wildman–Crippen LogP) is -0.420. The van der Waals surface area contributed by atoms with Crippen molar-refractivity contribution in [3.8, 4) is 0 Å². The van der Waals surface area contributed by atoms with Crippen molar-refractivity contribution < 1.29 is 19.3 Å². The van der Waals surface area contributed by atoms with E-state index in [9.17, 15) is 4.79 Å². The van der Waals surface area contributed by atoms with Crippen LogP contribution in [0.4, 0.5) is 0 Å². The lowest BCUT2D eigenvalue weighted by Crippen LogP contribution is -2.53. The van der Waals surface area contributed by atoms with E-state index in [0.717, 1.165) is 0 Å². The number of nitrogens with zero attached hydrogens (tertiary/aromatic N) is 3. The molecule has 0 aromatic carbocycles. The van der Waals surface area contributed by atoms with Gasteiger partial charge in [0.05, 0.1) is 0 Å². The van der Waals surface area contributed by atoms with E-state index in [1.54, 1.807) is 6.92 Å². The van der Waals surface area contributed by atoms with E-state index in [1.807, 2.05) is 0 Å². The molecule has 1 aliphatic heterocycles. The third kappa shape index (κ3) is 3.30. The number of oxime groups is 1. The number of ether oxygens (including phenoxy) is 1. The molecule has 116 valence electrons. The number of amides is 1. The van der Waals surface area contributed by atoms with Gasteiger partial charge >= 0.3 is 0 Å². The molecule has 1 fully saturated rings. The maximum Gasteiger partial charge on any atom is 0.234 e. The first-order valence-corrected chi connectivity index (χ1v) is 6.72. The number of hydrogen-bond acceptors (Lipinski definition) is 7. The van der Waals surface area contributed by atoms with Crippen molar-refractivity contribution in [2.24, 2.45) is 16.3 Å². The molecule has 21 heavy (non-hydrogen) atoms. The molecule has 1 aromatic rings. The van der Waals surface area contributed by atoms with Gasteiger partial charge in [0.1, 0.15) is 5.41 Å². The minimum absolute atomic E-state index is 0.0862. The zero-order valence-corrected chi connectivity index (χ0v) is 11.8. The summed E-state index contributed by atoms with van der Waals surface area (Å²) in [4.78, 5) is 16.5. The number of aryl methyl sites for hydroxylation is 1. The van der Waals surface area contributed by atoms with E-state index < -0.39 is 5.41 Å². The minimum Gasteiger partial charge on any atom is -0.409 e. The van der Waals surface area contributed by atoms with Crippen LogP contribution in [0.1, 0.15) is 24.6 Å². The minimum atomic E-state index is -1.02. The van der Waals surface area contributed by atoms with Gasteiger partial charge in [0.15, 0.2) is 11.7 Å². The van der Waals surface area contributed by atoms with Crippen LogP contribution in [0.3, 0.4) is 0 Å². The highest BCUT2D eigenvalue weighted by Gasteiger charge is 2.44. The summed E-state index contributed by atoms with van der Waals surface area (Å²) < 4.78 is 10.2. The van der Waals surface area contributed by atoms with Gasteiger partial charge in [0.25, 0.3) is 0 Å². The topological polar surface area (TPSA) is 136 Å². The Kier molecular flexibility index (Phi) is 4.73. The van der Waals surface area contributed by atoms with Crippen LogP contribution >= 0.6 is 0 Å². The molecule has 0 saturated carbocycles. The molecular formula is C12H19N5O4. The highest BCUT2D eigenvalue weighted by atomic mass is 16.5. The highest BCUT2D eigenvalue weighted by molar-refractivity contribution is 6.06. The Morgan fingerprint density at radius 2 is 2.24 bits per heavy atom. The first-order valence-electron chi connectivity index (χ1n) is 6.72. The van der Waals surface area contributed by atoms with Crippen molar-refractivity contribution in [2.75, 3.05) is 19.8 Å². The van der Waals surface area contributed by atoms with Gasteiger partial charge in [0, 0.05) is 26.2 Å². The van der Waals surface area contributed by atoms with Gasteiger partial charge < -0.3 is 25.5 Å². The van der Waals surface area contributed by atoms with Crippen LogP contribution in [0.2, 0.25) is 0 Å². The molecule has 1 aliphatic rings. The van der Waals surface area contributed by atoms with Crippen LogP contribution < -0.4 is 11.1 Å². The Hall–Kier alpha value is -2.16. The van der Waals surface area contributed by atoms with Crippen molar-refractivity contribution in [3.05, 3.63) is 11.7 Å². The molecule has 1 amide bonds. The Morgan fingerprint density at radius 1 is 1.52 bits per heavy atom. The van der Waals surface area contributed by atoms with Crippen molar-refractivity contribution in [1.82, 2.24) is 15.5 Å². The van der Waals surface area contributed by atoms with Crippen molar-refractivity contribution >= 4 is 11.7 Å². The Morgan fingerprint density at radius 3 is 2.81 bits per heavy atom. The molecule has 2 rings (SSSR count). The molecule has 0 unspecified atom stereocenters. The molecule has 9 nitrogen and oxygen atoms in total. The van der Waals surface area contributed by atoms with Crippen LogP contribution in [-0.4, -0.2) is 46.8 Å². The summed E-state index contributed by atoms with van der Waals surface area (Å²) in [5.41, 5.74) is 4.70. The van der Waals surface area contributed by atoms with Gasteiger partial charge in [-0.1, -0.05) is 10.3 Å². The van der Waals surface area contributed by atoms with E-state index in [-0.39, 0.29) is 11.7 Å². The number of rotatable bonds is 5. The molecule has 0 atom stereocenters. The van der Waals surface area contributed by atoms with Crippen molar-refractivity contribution in [3.63, 3.8) is 0 Å². The molecule has 0 spiro atoms. The fraction of sp³-hybridized carbons (Fsp3) is 0.667. The first-order chi connectivity index (χ1) is 10.1. The Labute approximate surface area is 121 Å². The molecule has 0 radical (unpaired) electrons. The SMILES string of the molecule is Cc1noc(CCNC(=O)C2(C(N)=NO)CCOCC2)n1. The number of nitrogens with one attached hydrogen (secondary N) is 1. The second kappa shape index (κ2) is 6.53. The number of amidine groups is 1. The Bertz CT molecular complexity index is 521. The molecule has 4 N–H and O–H groups in total. The lowest BCUT2D eigenvalue weighted by Gasteiger charge is -2.34. The van der Waals surface area contributed by atoms with Gasteiger partial charge in [-0.25, -0.2) is 0 Å². The third-order valence-corrected chi connectivity index (χ3v) is 3.57. The second-order valence-electron chi connectivity index (χ2n) is 4.92. The molecular weight excluding hydrogens is 278 g/mol. The number of carbonyl (C=O) groups is 1. The van der Waals surface area contributed by atoms with Gasteiger partial charge in [-0.2, -0.15) is 4.98 Å². The zero-order valence-electron chi connectivity index (χ0n) is 11.8. The second-order valence-corrected chi connectivity index (χ2v) is 4.92. The maximum atomic E-state index is 12.4. The maximum absolute atomic E-state index is 12.4. The lowest BCUT2D eigenvalue weighted by molar-refractivity contribution is -0.131. The van der Waals surface area contributed by atoms with Crippen LogP contribution in [0.15, 0.2) is 9.68 Å². The van der Waals surface area contributed by atoms with Gasteiger partial charge in [-0.15, -0.1) is 0 Å². The van der Waals surface area contributed by atoms with Crippen LogP contribution in [0.25, 0.3) is 0 Å². The number of aromatic nitrogens is 2. The molecule has 0 bridgehead atoms. The Balaban J connectivity index is 1.95. The third-order valence-electron chi connectivity index (χ3n) is 3.57. The van der Waals surface area contributed by atoms with Crippen molar-refractivity contribution in [2.45, 2.75) is 26.2 Å². The van der Waals surface area contributed by atoms with Crippen LogP contribution in [0.5, 0.6) is 0 Å². The van der Waals surface area contributed by atoms with E-state index in [1.165, 1.54) is 0 Å². The van der Waals surface area contributed by atoms with Gasteiger partial charge in [0.2, 0.25) is 11.8 Å². The average Bonchev–Trinajstić information content (AvgIpc) is 2.92. The fourth-order valence-corrected chi connectivity index (χ4v) is 2.31. The van der Waals surface area contributed by atoms with E-state index >= 15 is 0 Å². The quantitative estimate of drug-likeness (QED) is 0.290. The zero-order chi connectivity index (χ0) is 15.3. The summed E-state index contributed by atoms with van der Waals surface area (Å²) in [5.74, 6) is 0.640. The van der Waals surface area contributed by atoms with E-state index in [4.69, 9.17) is 20.2 Å². The summed E-state index contributed by atoms with van der Waals surface area (Å²) in [6.45, 7) is 2.85. The predicted molar refractivity (Wildman–Crippen MR) is 71.6 cm³/mol. The first kappa shape index (κ1) is 15.2. The molecule has 1 saturated heterocycles. The largest absolute Gasteiger partial charge is 0.409 e.